The molecule has 19 heavy (non-hydrogen) atoms. The molecule has 1 saturated carbocycles. The fourth-order valence-corrected chi connectivity index (χ4v) is 3.11. The van der Waals surface area contributed by atoms with Gasteiger partial charge in [0, 0.05) is 12.6 Å². The summed E-state index contributed by atoms with van der Waals surface area (Å²) in [7, 11) is 0. The van der Waals surface area contributed by atoms with Crippen LogP contribution in [0.15, 0.2) is 0 Å². The lowest BCUT2D eigenvalue weighted by Gasteiger charge is -2.30. The zero-order valence-corrected chi connectivity index (χ0v) is 11.7. The molecule has 1 aliphatic carbocycles. The van der Waals surface area contributed by atoms with Crippen LogP contribution in [0.25, 0.3) is 0 Å². The zero-order chi connectivity index (χ0) is 13.4. The number of aromatic nitrogens is 4. The summed E-state index contributed by atoms with van der Waals surface area (Å²) < 4.78 is 2.01. The van der Waals surface area contributed by atoms with Crippen molar-refractivity contribution in [3.63, 3.8) is 0 Å². The summed E-state index contributed by atoms with van der Waals surface area (Å²) in [5.41, 5.74) is 0. The molecule has 0 radical (unpaired) electrons. The van der Waals surface area contributed by atoms with Crippen molar-refractivity contribution in [1.29, 1.82) is 0 Å². The summed E-state index contributed by atoms with van der Waals surface area (Å²) >= 11 is 0. The molecule has 3 rings (SSSR count). The molecular weight excluding hydrogens is 242 g/mol. The van der Waals surface area contributed by atoms with Crippen molar-refractivity contribution < 1.29 is 5.11 Å². The van der Waals surface area contributed by atoms with E-state index in [9.17, 15) is 5.11 Å². The van der Waals surface area contributed by atoms with E-state index in [2.05, 4.69) is 34.3 Å². The molecule has 0 bridgehead atoms. The Morgan fingerprint density at radius 1 is 1.26 bits per heavy atom. The van der Waals surface area contributed by atoms with E-state index in [0.29, 0.717) is 12.0 Å². The lowest BCUT2D eigenvalue weighted by atomic mass is 10.1. The van der Waals surface area contributed by atoms with Gasteiger partial charge in [0.05, 0.1) is 18.7 Å². The minimum absolute atomic E-state index is 0.230. The van der Waals surface area contributed by atoms with E-state index < -0.39 is 0 Å². The van der Waals surface area contributed by atoms with Crippen LogP contribution in [0, 0.1) is 5.92 Å². The van der Waals surface area contributed by atoms with Crippen LogP contribution in [-0.4, -0.2) is 49.4 Å². The maximum atomic E-state index is 9.56. The fraction of sp³-hybridized carbons (Fsp3) is 0.923. The highest BCUT2D eigenvalue weighted by Gasteiger charge is 2.39. The van der Waals surface area contributed by atoms with Crippen LogP contribution in [-0.2, 0) is 0 Å². The predicted octanol–water partition coefficient (Wildman–Crippen LogP) is 1.16. The largest absolute Gasteiger partial charge is 0.395 e. The van der Waals surface area contributed by atoms with Crippen LogP contribution in [0.1, 0.15) is 57.4 Å². The van der Waals surface area contributed by atoms with Crippen LogP contribution < -0.4 is 0 Å². The van der Waals surface area contributed by atoms with Gasteiger partial charge < -0.3 is 5.11 Å². The highest BCUT2D eigenvalue weighted by atomic mass is 16.3. The van der Waals surface area contributed by atoms with Crippen molar-refractivity contribution in [2.24, 2.45) is 5.92 Å². The summed E-state index contributed by atoms with van der Waals surface area (Å²) in [6, 6.07) is 1.05. The van der Waals surface area contributed by atoms with E-state index in [0.717, 1.165) is 25.2 Å². The fourth-order valence-electron chi connectivity index (χ4n) is 3.11. The van der Waals surface area contributed by atoms with Crippen LogP contribution in [0.2, 0.25) is 0 Å². The van der Waals surface area contributed by atoms with Crippen molar-refractivity contribution in [2.45, 2.75) is 57.7 Å². The topological polar surface area (TPSA) is 67.1 Å². The summed E-state index contributed by atoms with van der Waals surface area (Å²) in [5.74, 6) is 1.58. The van der Waals surface area contributed by atoms with Gasteiger partial charge in [-0.2, -0.15) is 0 Å². The minimum atomic E-state index is 0.230. The number of tetrazole rings is 1. The molecule has 6 heteroatoms. The smallest absolute Gasteiger partial charge is 0.168 e. The van der Waals surface area contributed by atoms with Gasteiger partial charge in [0.15, 0.2) is 5.82 Å². The summed E-state index contributed by atoms with van der Waals surface area (Å²) in [6.07, 6.45) is 4.47. The number of aliphatic hydroxyl groups excluding tert-OH is 1. The first-order valence-electron chi connectivity index (χ1n) is 7.35. The van der Waals surface area contributed by atoms with Crippen LogP contribution in [0.3, 0.4) is 0 Å². The van der Waals surface area contributed by atoms with Gasteiger partial charge in [-0.15, -0.1) is 5.10 Å². The first-order chi connectivity index (χ1) is 9.20. The third-order valence-electron chi connectivity index (χ3n) is 4.14. The van der Waals surface area contributed by atoms with Gasteiger partial charge in [0.2, 0.25) is 0 Å². The molecule has 106 valence electrons. The normalized spacial score (nSPS) is 28.4. The van der Waals surface area contributed by atoms with E-state index in [4.69, 9.17) is 0 Å². The van der Waals surface area contributed by atoms with E-state index in [1.165, 1.54) is 12.8 Å². The maximum Gasteiger partial charge on any atom is 0.168 e. The van der Waals surface area contributed by atoms with Gasteiger partial charge >= 0.3 is 0 Å². The molecule has 2 heterocycles. The standard InChI is InChI=1S/C13H23N5O/c1-9(2)7-17-11(8-19)5-6-12(17)13-14-15-16-18(13)10-3-4-10/h9-12,19H,3-8H2,1-2H3/t11-,12-/m0/s1. The van der Waals surface area contributed by atoms with Crippen molar-refractivity contribution in [1.82, 2.24) is 25.1 Å². The van der Waals surface area contributed by atoms with Gasteiger partial charge in [-0.25, -0.2) is 4.68 Å². The number of rotatable bonds is 5. The lowest BCUT2D eigenvalue weighted by molar-refractivity contribution is 0.111. The molecule has 1 saturated heterocycles. The maximum absolute atomic E-state index is 9.56. The van der Waals surface area contributed by atoms with Crippen molar-refractivity contribution in [3.8, 4) is 0 Å². The first-order valence-corrected chi connectivity index (χ1v) is 7.35. The summed E-state index contributed by atoms with van der Waals surface area (Å²) in [4.78, 5) is 2.40. The third-order valence-corrected chi connectivity index (χ3v) is 4.14. The molecule has 0 amide bonds. The lowest BCUT2D eigenvalue weighted by Crippen LogP contribution is -2.37. The molecule has 2 fully saturated rings. The number of likely N-dealkylation sites (tertiary alicyclic amines) is 1. The molecule has 0 unspecified atom stereocenters. The Kier molecular flexibility index (Phi) is 3.54. The number of hydrogen-bond donors (Lipinski definition) is 1. The van der Waals surface area contributed by atoms with Crippen LogP contribution in [0.5, 0.6) is 0 Å². The monoisotopic (exact) mass is 265 g/mol. The average molecular weight is 265 g/mol. The molecule has 2 aliphatic rings. The zero-order valence-electron chi connectivity index (χ0n) is 11.7. The van der Waals surface area contributed by atoms with Crippen LogP contribution in [0.4, 0.5) is 0 Å². The Labute approximate surface area is 113 Å². The van der Waals surface area contributed by atoms with Crippen molar-refractivity contribution >= 4 is 0 Å². The molecule has 2 atom stereocenters. The van der Waals surface area contributed by atoms with Gasteiger partial charge in [-0.05, 0) is 42.0 Å². The highest BCUT2D eigenvalue weighted by Crippen LogP contribution is 2.40. The average Bonchev–Trinajstić information content (AvgIpc) is 2.97. The van der Waals surface area contributed by atoms with Crippen LogP contribution >= 0.6 is 0 Å². The number of hydrogen-bond acceptors (Lipinski definition) is 5. The van der Waals surface area contributed by atoms with Gasteiger partial charge in [0.1, 0.15) is 0 Å². The third kappa shape index (κ3) is 2.51. The molecule has 1 aromatic rings. The molecule has 0 aromatic carbocycles. The van der Waals surface area contributed by atoms with Gasteiger partial charge in [-0.1, -0.05) is 13.8 Å². The number of aliphatic hydroxyl groups is 1. The Hall–Kier alpha value is -1.01. The highest BCUT2D eigenvalue weighted by molar-refractivity contribution is 5.03. The number of nitrogens with zero attached hydrogens (tertiary/aromatic N) is 5. The molecule has 1 aliphatic heterocycles. The predicted molar refractivity (Wildman–Crippen MR) is 70.5 cm³/mol. The first kappa shape index (κ1) is 13.0. The quantitative estimate of drug-likeness (QED) is 0.865. The van der Waals surface area contributed by atoms with Gasteiger partial charge in [-0.3, -0.25) is 4.90 Å². The Balaban J connectivity index is 1.83. The summed E-state index contributed by atoms with van der Waals surface area (Å²) in [5, 5.41) is 21.8. The molecular formula is C13H23N5O. The van der Waals surface area contributed by atoms with Crippen molar-refractivity contribution in [2.75, 3.05) is 13.2 Å². The van der Waals surface area contributed by atoms with E-state index in [1.54, 1.807) is 0 Å². The molecule has 6 nitrogen and oxygen atoms in total. The second-order valence-electron chi connectivity index (χ2n) is 6.23. The molecule has 1 aromatic heterocycles. The van der Waals surface area contributed by atoms with E-state index >= 15 is 0 Å². The SMILES string of the molecule is CC(C)CN1[C@H](CO)CC[C@H]1c1nnnn1C1CC1. The molecule has 0 spiro atoms. The molecule has 1 N–H and O–H groups in total. The van der Waals surface area contributed by atoms with E-state index in [-0.39, 0.29) is 18.7 Å². The van der Waals surface area contributed by atoms with E-state index in [1.807, 2.05) is 4.68 Å². The van der Waals surface area contributed by atoms with Crippen molar-refractivity contribution in [3.05, 3.63) is 5.82 Å². The summed E-state index contributed by atoms with van der Waals surface area (Å²) in [6.45, 7) is 5.66. The second kappa shape index (κ2) is 5.17. The minimum Gasteiger partial charge on any atom is -0.395 e. The Morgan fingerprint density at radius 3 is 2.68 bits per heavy atom. The Bertz CT molecular complexity index is 428. The second-order valence-corrected chi connectivity index (χ2v) is 6.23. The van der Waals surface area contributed by atoms with Gasteiger partial charge in [0.25, 0.3) is 0 Å². The Morgan fingerprint density at radius 2 is 2.05 bits per heavy atom.